The van der Waals surface area contributed by atoms with E-state index in [2.05, 4.69) is 26.0 Å². The van der Waals surface area contributed by atoms with Gasteiger partial charge in [-0.15, -0.1) is 11.3 Å². The Hall–Kier alpha value is -3.55. The van der Waals surface area contributed by atoms with Gasteiger partial charge in [0.15, 0.2) is 4.80 Å². The molecule has 3 heterocycles. The van der Waals surface area contributed by atoms with Crippen LogP contribution in [0.1, 0.15) is 54.3 Å². The molecule has 5 nitrogen and oxygen atoms in total. The first kappa shape index (κ1) is 24.2. The van der Waals surface area contributed by atoms with E-state index in [0.717, 1.165) is 16.0 Å². The lowest BCUT2D eigenvalue weighted by Gasteiger charge is -2.24. The smallest absolute Gasteiger partial charge is 0.338 e. The van der Waals surface area contributed by atoms with Crippen LogP contribution in [0.3, 0.4) is 0 Å². The molecule has 0 saturated carbocycles. The molecule has 1 aliphatic heterocycles. The average Bonchev–Trinajstić information content (AvgIpc) is 3.52. The number of carbonyl (C=O) groups excluding carboxylic acids is 1. The highest BCUT2D eigenvalue weighted by atomic mass is 32.1. The maximum absolute atomic E-state index is 13.8. The molecule has 0 bridgehead atoms. The van der Waals surface area contributed by atoms with Crippen molar-refractivity contribution in [2.75, 3.05) is 6.61 Å². The number of ether oxygens (including phenoxy) is 1. The number of esters is 1. The van der Waals surface area contributed by atoms with Crippen LogP contribution in [0.2, 0.25) is 0 Å². The maximum atomic E-state index is 13.8. The molecule has 0 saturated heterocycles. The van der Waals surface area contributed by atoms with Crippen molar-refractivity contribution in [1.82, 2.24) is 4.57 Å². The van der Waals surface area contributed by atoms with Crippen molar-refractivity contribution >= 4 is 40.4 Å². The number of hydrogen-bond donors (Lipinski definition) is 0. The lowest BCUT2D eigenvalue weighted by Crippen LogP contribution is -2.39. The molecule has 0 N–H and O–H groups in total. The van der Waals surface area contributed by atoms with E-state index < -0.39 is 12.0 Å². The molecule has 5 rings (SSSR count). The molecule has 2 aromatic heterocycles. The minimum atomic E-state index is -0.610. The molecule has 7 heteroatoms. The van der Waals surface area contributed by atoms with Crippen molar-refractivity contribution < 1.29 is 9.53 Å². The van der Waals surface area contributed by atoms with Gasteiger partial charge >= 0.3 is 5.97 Å². The molecule has 0 radical (unpaired) electrons. The predicted octanol–water partition coefficient (Wildman–Crippen LogP) is 5.12. The Bertz CT molecular complexity index is 1590. The van der Waals surface area contributed by atoms with E-state index in [1.54, 1.807) is 11.5 Å². The third-order valence-corrected chi connectivity index (χ3v) is 7.99. The molecule has 0 fully saturated rings. The number of fused-ring (bicyclic) bond motifs is 1. The molecular formula is C29H26N2O3S2. The minimum absolute atomic E-state index is 0.168. The summed E-state index contributed by atoms with van der Waals surface area (Å²) in [7, 11) is 0. The second kappa shape index (κ2) is 10.2. The summed E-state index contributed by atoms with van der Waals surface area (Å²) in [6, 6.07) is 21.1. The van der Waals surface area contributed by atoms with Crippen LogP contribution < -0.4 is 14.9 Å². The Balaban J connectivity index is 1.76. The topological polar surface area (TPSA) is 60.7 Å². The molecule has 36 heavy (non-hydrogen) atoms. The Labute approximate surface area is 217 Å². The van der Waals surface area contributed by atoms with Crippen molar-refractivity contribution in [2.24, 2.45) is 4.99 Å². The van der Waals surface area contributed by atoms with Gasteiger partial charge in [-0.25, -0.2) is 9.79 Å². The quantitative estimate of drug-likeness (QED) is 0.336. The van der Waals surface area contributed by atoms with E-state index in [4.69, 9.17) is 9.73 Å². The SMILES string of the molecule is CCOC(=O)C1=C(c2ccccc2)N=c2sc(=Cc3ccc(C(C)C)cc3)c(=O)n2[C@@H]1c1cccs1. The number of aromatic nitrogens is 1. The van der Waals surface area contributed by atoms with Crippen molar-refractivity contribution in [1.29, 1.82) is 0 Å². The van der Waals surface area contributed by atoms with Crippen LogP contribution in [0.25, 0.3) is 11.8 Å². The first-order valence-corrected chi connectivity index (χ1v) is 13.6. The summed E-state index contributed by atoms with van der Waals surface area (Å²) in [6.45, 7) is 6.32. The second-order valence-corrected chi connectivity index (χ2v) is 10.8. The Kier molecular flexibility index (Phi) is 6.85. The Morgan fingerprint density at radius 1 is 1.08 bits per heavy atom. The van der Waals surface area contributed by atoms with E-state index in [9.17, 15) is 9.59 Å². The van der Waals surface area contributed by atoms with Gasteiger partial charge in [-0.3, -0.25) is 9.36 Å². The zero-order valence-electron chi connectivity index (χ0n) is 20.3. The number of thiophene rings is 1. The summed E-state index contributed by atoms with van der Waals surface area (Å²) >= 11 is 2.85. The monoisotopic (exact) mass is 514 g/mol. The van der Waals surface area contributed by atoms with Crippen LogP contribution in [0, 0.1) is 0 Å². The maximum Gasteiger partial charge on any atom is 0.338 e. The summed E-state index contributed by atoms with van der Waals surface area (Å²) in [5, 5.41) is 1.95. The van der Waals surface area contributed by atoms with Crippen LogP contribution in [-0.2, 0) is 9.53 Å². The Morgan fingerprint density at radius 3 is 2.47 bits per heavy atom. The number of nitrogens with zero attached hydrogens (tertiary/aromatic N) is 2. The van der Waals surface area contributed by atoms with Gasteiger partial charge in [0.1, 0.15) is 6.04 Å². The fourth-order valence-corrected chi connectivity index (χ4v) is 6.11. The molecule has 1 aliphatic rings. The fourth-order valence-electron chi connectivity index (χ4n) is 4.28. The molecule has 0 aliphatic carbocycles. The number of hydrogen-bond acceptors (Lipinski definition) is 6. The lowest BCUT2D eigenvalue weighted by atomic mass is 9.97. The first-order chi connectivity index (χ1) is 17.5. The van der Waals surface area contributed by atoms with Crippen LogP contribution in [0.5, 0.6) is 0 Å². The summed E-state index contributed by atoms with van der Waals surface area (Å²) < 4.78 is 7.69. The van der Waals surface area contributed by atoms with Crippen molar-refractivity contribution in [3.63, 3.8) is 0 Å². The van der Waals surface area contributed by atoms with E-state index in [-0.39, 0.29) is 12.2 Å². The second-order valence-electron chi connectivity index (χ2n) is 8.77. The Morgan fingerprint density at radius 2 is 1.83 bits per heavy atom. The first-order valence-electron chi connectivity index (χ1n) is 11.9. The molecule has 0 spiro atoms. The summed E-state index contributed by atoms with van der Waals surface area (Å²) in [6.07, 6.45) is 1.90. The zero-order chi connectivity index (χ0) is 25.2. The minimum Gasteiger partial charge on any atom is -0.463 e. The van der Waals surface area contributed by atoms with Gasteiger partial charge in [-0.2, -0.15) is 0 Å². The van der Waals surface area contributed by atoms with Crippen LogP contribution in [-0.4, -0.2) is 17.1 Å². The van der Waals surface area contributed by atoms with Gasteiger partial charge in [-0.1, -0.05) is 85.8 Å². The third kappa shape index (κ3) is 4.52. The highest BCUT2D eigenvalue weighted by Gasteiger charge is 2.35. The van der Waals surface area contributed by atoms with Crippen molar-refractivity contribution in [3.05, 3.63) is 119 Å². The molecule has 182 valence electrons. The summed E-state index contributed by atoms with van der Waals surface area (Å²) in [5.41, 5.74) is 3.76. The van der Waals surface area contributed by atoms with Gasteiger partial charge in [0.05, 0.1) is 22.4 Å². The largest absolute Gasteiger partial charge is 0.463 e. The number of carbonyl (C=O) groups is 1. The fraction of sp³-hybridized carbons (Fsp3) is 0.207. The van der Waals surface area contributed by atoms with Crippen molar-refractivity contribution in [3.8, 4) is 0 Å². The summed E-state index contributed by atoms with van der Waals surface area (Å²) in [4.78, 5) is 33.4. The van der Waals surface area contributed by atoms with Crippen LogP contribution >= 0.6 is 22.7 Å². The number of thiazole rings is 1. The van der Waals surface area contributed by atoms with Crippen LogP contribution in [0.15, 0.2) is 87.5 Å². The molecule has 0 amide bonds. The number of benzene rings is 2. The van der Waals surface area contributed by atoms with E-state index >= 15 is 0 Å². The molecule has 0 unspecified atom stereocenters. The molecular weight excluding hydrogens is 488 g/mol. The van der Waals surface area contributed by atoms with Gasteiger partial charge < -0.3 is 4.74 Å². The normalized spacial score (nSPS) is 15.7. The third-order valence-electron chi connectivity index (χ3n) is 6.09. The predicted molar refractivity (Wildman–Crippen MR) is 146 cm³/mol. The highest BCUT2D eigenvalue weighted by molar-refractivity contribution is 7.10. The summed E-state index contributed by atoms with van der Waals surface area (Å²) in [5.74, 6) is -0.0232. The van der Waals surface area contributed by atoms with Gasteiger partial charge in [-0.05, 0) is 41.5 Å². The van der Waals surface area contributed by atoms with E-state index in [0.29, 0.717) is 26.5 Å². The number of rotatable bonds is 6. The average molecular weight is 515 g/mol. The van der Waals surface area contributed by atoms with Gasteiger partial charge in [0, 0.05) is 10.4 Å². The van der Waals surface area contributed by atoms with E-state index in [1.807, 2.05) is 66.1 Å². The molecule has 1 atom stereocenters. The molecule has 2 aromatic carbocycles. The zero-order valence-corrected chi connectivity index (χ0v) is 21.9. The van der Waals surface area contributed by atoms with Gasteiger partial charge in [0.2, 0.25) is 0 Å². The van der Waals surface area contributed by atoms with Gasteiger partial charge in [0.25, 0.3) is 5.56 Å². The highest BCUT2D eigenvalue weighted by Crippen LogP contribution is 2.36. The lowest BCUT2D eigenvalue weighted by molar-refractivity contribution is -0.138. The standard InChI is InChI=1S/C29H26N2O3S2/c1-4-34-28(33)24-25(21-9-6-5-7-10-21)30-29-31(26(24)22-11-8-16-35-22)27(32)23(36-29)17-19-12-14-20(15-13-19)18(2)3/h5-18,26H,4H2,1-3H3/t26-/m1/s1. The van der Waals surface area contributed by atoms with Crippen molar-refractivity contribution in [2.45, 2.75) is 32.7 Å². The van der Waals surface area contributed by atoms with E-state index in [1.165, 1.54) is 28.2 Å². The molecule has 4 aromatic rings. The van der Waals surface area contributed by atoms with Crippen LogP contribution in [0.4, 0.5) is 0 Å².